The van der Waals surface area contributed by atoms with Gasteiger partial charge in [-0.25, -0.2) is 0 Å². The Morgan fingerprint density at radius 2 is 1.94 bits per heavy atom. The third-order valence-electron chi connectivity index (χ3n) is 3.11. The summed E-state index contributed by atoms with van der Waals surface area (Å²) in [4.78, 5) is 13.9. The Morgan fingerprint density at radius 1 is 1.31 bits per heavy atom. The van der Waals surface area contributed by atoms with E-state index in [0.717, 1.165) is 17.7 Å². The van der Waals surface area contributed by atoms with Crippen molar-refractivity contribution < 1.29 is 4.79 Å². The van der Waals surface area contributed by atoms with Gasteiger partial charge in [0.1, 0.15) is 0 Å². The summed E-state index contributed by atoms with van der Waals surface area (Å²) in [6, 6.07) is 10.1. The van der Waals surface area contributed by atoms with Crippen LogP contribution in [0.25, 0.3) is 0 Å². The number of anilines is 1. The minimum atomic E-state index is 0.0740. The Hall–Kier alpha value is -1.57. The van der Waals surface area contributed by atoms with Crippen LogP contribution < -0.4 is 4.90 Å². The minimum Gasteiger partial charge on any atom is -0.305 e. The number of benzene rings is 1. The van der Waals surface area contributed by atoms with Gasteiger partial charge >= 0.3 is 0 Å². The SMILES string of the molecule is C=C1CC(C(C)C)N(c2ccccc2)C1=O. The lowest BCUT2D eigenvalue weighted by molar-refractivity contribution is -0.114. The van der Waals surface area contributed by atoms with Crippen molar-refractivity contribution in [2.24, 2.45) is 5.92 Å². The van der Waals surface area contributed by atoms with E-state index in [1.807, 2.05) is 35.2 Å². The smallest absolute Gasteiger partial charge is 0.253 e. The zero-order chi connectivity index (χ0) is 11.7. The van der Waals surface area contributed by atoms with E-state index in [0.29, 0.717) is 5.92 Å². The van der Waals surface area contributed by atoms with Crippen molar-refractivity contribution in [3.63, 3.8) is 0 Å². The average Bonchev–Trinajstić information content (AvgIpc) is 2.57. The van der Waals surface area contributed by atoms with Crippen LogP contribution in [0, 0.1) is 5.92 Å². The molecule has 84 valence electrons. The normalized spacial score (nSPS) is 20.9. The van der Waals surface area contributed by atoms with Gasteiger partial charge in [0.25, 0.3) is 5.91 Å². The molecule has 1 heterocycles. The Bertz CT molecular complexity index is 408. The van der Waals surface area contributed by atoms with Gasteiger partial charge in [-0.15, -0.1) is 0 Å². The lowest BCUT2D eigenvalue weighted by atomic mass is 10.0. The average molecular weight is 215 g/mol. The predicted octanol–water partition coefficient (Wildman–Crippen LogP) is 3.00. The number of amides is 1. The maximum absolute atomic E-state index is 12.0. The first-order chi connectivity index (χ1) is 7.61. The molecule has 1 saturated heterocycles. The van der Waals surface area contributed by atoms with E-state index in [1.54, 1.807) is 0 Å². The molecule has 1 aromatic rings. The summed E-state index contributed by atoms with van der Waals surface area (Å²) in [5, 5.41) is 0. The third kappa shape index (κ3) is 1.75. The fourth-order valence-corrected chi connectivity index (χ4v) is 2.18. The summed E-state index contributed by atoms with van der Waals surface area (Å²) in [6.07, 6.45) is 0.783. The van der Waals surface area contributed by atoms with Crippen molar-refractivity contribution in [1.29, 1.82) is 0 Å². The van der Waals surface area contributed by atoms with Gasteiger partial charge in [-0.2, -0.15) is 0 Å². The maximum Gasteiger partial charge on any atom is 0.253 e. The summed E-state index contributed by atoms with van der Waals surface area (Å²) in [5.74, 6) is 0.522. The highest BCUT2D eigenvalue weighted by Gasteiger charge is 2.36. The molecule has 0 aromatic heterocycles. The van der Waals surface area contributed by atoms with Crippen molar-refractivity contribution in [3.05, 3.63) is 42.5 Å². The molecule has 16 heavy (non-hydrogen) atoms. The molecule has 2 heteroatoms. The zero-order valence-corrected chi connectivity index (χ0v) is 9.81. The molecule has 1 fully saturated rings. The summed E-state index contributed by atoms with van der Waals surface area (Å²) in [6.45, 7) is 8.14. The molecule has 0 bridgehead atoms. The van der Waals surface area contributed by atoms with Gasteiger partial charge in [0.15, 0.2) is 0 Å². The van der Waals surface area contributed by atoms with Crippen LogP contribution in [0.1, 0.15) is 20.3 Å². The van der Waals surface area contributed by atoms with Gasteiger partial charge < -0.3 is 4.90 Å². The van der Waals surface area contributed by atoms with Crippen molar-refractivity contribution in [2.45, 2.75) is 26.3 Å². The monoisotopic (exact) mass is 215 g/mol. The second-order valence-electron chi connectivity index (χ2n) is 4.63. The lowest BCUT2D eigenvalue weighted by Gasteiger charge is -2.27. The first-order valence-corrected chi connectivity index (χ1v) is 5.67. The van der Waals surface area contributed by atoms with E-state index in [9.17, 15) is 4.79 Å². The first-order valence-electron chi connectivity index (χ1n) is 5.67. The molecule has 0 spiro atoms. The number of nitrogens with zero attached hydrogens (tertiary/aromatic N) is 1. The van der Waals surface area contributed by atoms with Crippen molar-refractivity contribution in [2.75, 3.05) is 4.90 Å². The molecule has 2 rings (SSSR count). The summed E-state index contributed by atoms with van der Waals surface area (Å²) >= 11 is 0. The molecule has 1 aliphatic heterocycles. The van der Waals surface area contributed by atoms with Gasteiger partial charge in [-0.05, 0) is 24.5 Å². The summed E-state index contributed by atoms with van der Waals surface area (Å²) < 4.78 is 0. The fourth-order valence-electron chi connectivity index (χ4n) is 2.18. The predicted molar refractivity (Wildman–Crippen MR) is 66.3 cm³/mol. The number of para-hydroxylation sites is 1. The van der Waals surface area contributed by atoms with Gasteiger partial charge in [-0.1, -0.05) is 38.6 Å². The fraction of sp³-hybridized carbons (Fsp3) is 0.357. The van der Waals surface area contributed by atoms with Gasteiger partial charge in [0.2, 0.25) is 0 Å². The van der Waals surface area contributed by atoms with E-state index in [2.05, 4.69) is 20.4 Å². The molecular weight excluding hydrogens is 198 g/mol. The molecule has 1 aromatic carbocycles. The minimum absolute atomic E-state index is 0.0740. The van der Waals surface area contributed by atoms with E-state index < -0.39 is 0 Å². The molecule has 0 radical (unpaired) electrons. The highest BCUT2D eigenvalue weighted by molar-refractivity contribution is 6.08. The number of hydrogen-bond acceptors (Lipinski definition) is 1. The van der Waals surface area contributed by atoms with Crippen LogP contribution in [0.15, 0.2) is 42.5 Å². The quantitative estimate of drug-likeness (QED) is 0.694. The number of carbonyl (C=O) groups is 1. The number of carbonyl (C=O) groups excluding carboxylic acids is 1. The second kappa shape index (κ2) is 4.12. The van der Waals surface area contributed by atoms with E-state index in [-0.39, 0.29) is 11.9 Å². The Kier molecular flexibility index (Phi) is 2.82. The van der Waals surface area contributed by atoms with Crippen LogP contribution >= 0.6 is 0 Å². The summed E-state index contributed by atoms with van der Waals surface area (Å²) in [7, 11) is 0. The van der Waals surface area contributed by atoms with Crippen molar-refractivity contribution in [1.82, 2.24) is 0 Å². The molecule has 2 nitrogen and oxygen atoms in total. The van der Waals surface area contributed by atoms with Crippen molar-refractivity contribution >= 4 is 11.6 Å². The Balaban J connectivity index is 2.37. The van der Waals surface area contributed by atoms with Crippen LogP contribution in [0.4, 0.5) is 5.69 Å². The Morgan fingerprint density at radius 3 is 2.50 bits per heavy atom. The highest BCUT2D eigenvalue weighted by atomic mass is 16.2. The van der Waals surface area contributed by atoms with E-state index in [1.165, 1.54) is 0 Å². The molecule has 0 aliphatic carbocycles. The molecule has 1 aliphatic rings. The van der Waals surface area contributed by atoms with E-state index in [4.69, 9.17) is 0 Å². The van der Waals surface area contributed by atoms with Crippen LogP contribution in [0.3, 0.4) is 0 Å². The molecule has 1 amide bonds. The molecule has 1 atom stereocenters. The van der Waals surface area contributed by atoms with Crippen LogP contribution in [-0.4, -0.2) is 11.9 Å². The summed E-state index contributed by atoms with van der Waals surface area (Å²) in [5.41, 5.74) is 1.70. The zero-order valence-electron chi connectivity index (χ0n) is 9.81. The third-order valence-corrected chi connectivity index (χ3v) is 3.11. The molecule has 0 saturated carbocycles. The number of rotatable bonds is 2. The van der Waals surface area contributed by atoms with E-state index >= 15 is 0 Å². The largest absolute Gasteiger partial charge is 0.305 e. The molecule has 0 N–H and O–H groups in total. The highest BCUT2D eigenvalue weighted by Crippen LogP contribution is 2.32. The second-order valence-corrected chi connectivity index (χ2v) is 4.63. The number of hydrogen-bond donors (Lipinski definition) is 0. The Labute approximate surface area is 96.6 Å². The first kappa shape index (κ1) is 10.9. The topological polar surface area (TPSA) is 20.3 Å². The molecule has 1 unspecified atom stereocenters. The van der Waals surface area contributed by atoms with Gasteiger partial charge in [-0.3, -0.25) is 4.79 Å². The maximum atomic E-state index is 12.0. The van der Waals surface area contributed by atoms with Gasteiger partial charge in [0.05, 0.1) is 0 Å². The van der Waals surface area contributed by atoms with Crippen LogP contribution in [0.2, 0.25) is 0 Å². The van der Waals surface area contributed by atoms with Crippen molar-refractivity contribution in [3.8, 4) is 0 Å². The standard InChI is InChI=1S/C14H17NO/c1-10(2)13-9-11(3)14(16)15(13)12-7-5-4-6-8-12/h4-8,10,13H,3,9H2,1-2H3. The van der Waals surface area contributed by atoms with Gasteiger partial charge in [0, 0.05) is 17.3 Å². The lowest BCUT2D eigenvalue weighted by Crippen LogP contribution is -2.36. The van der Waals surface area contributed by atoms with Crippen LogP contribution in [-0.2, 0) is 4.79 Å². The molecular formula is C14H17NO. The van der Waals surface area contributed by atoms with Crippen LogP contribution in [0.5, 0.6) is 0 Å².